The van der Waals surface area contributed by atoms with E-state index in [-0.39, 0.29) is 11.4 Å². The van der Waals surface area contributed by atoms with Crippen LogP contribution < -0.4 is 17.0 Å². The Balaban J connectivity index is 3.70. The zero-order chi connectivity index (χ0) is 10.9. The maximum absolute atomic E-state index is 11.3. The third-order valence-electron chi connectivity index (χ3n) is 1.98. The van der Waals surface area contributed by atoms with Crippen molar-refractivity contribution < 1.29 is 5.21 Å². The van der Waals surface area contributed by atoms with Crippen LogP contribution in [-0.2, 0) is 7.05 Å². The molecule has 0 fully saturated rings. The Morgan fingerprint density at radius 3 is 2.64 bits per heavy atom. The molecule has 0 saturated heterocycles. The number of H-pyrrole nitrogens is 1. The van der Waals surface area contributed by atoms with Gasteiger partial charge in [-0.05, 0) is 6.92 Å². The van der Waals surface area contributed by atoms with Crippen LogP contribution in [-0.4, -0.2) is 20.6 Å². The number of hydrogen-bond acceptors (Lipinski definition) is 4. The van der Waals surface area contributed by atoms with Gasteiger partial charge in [0.05, 0.1) is 0 Å². The van der Waals surface area contributed by atoms with Gasteiger partial charge in [0.25, 0.3) is 5.56 Å². The topological polar surface area (TPSA) is 113 Å². The Morgan fingerprint density at radius 2 is 2.14 bits per heavy atom. The van der Waals surface area contributed by atoms with Gasteiger partial charge in [0.2, 0.25) is 0 Å². The van der Waals surface area contributed by atoms with E-state index in [2.05, 4.69) is 5.16 Å². The number of nitrogens with two attached hydrogens (primary N) is 1. The normalized spacial score (nSPS) is 11.7. The van der Waals surface area contributed by atoms with Gasteiger partial charge in [-0.25, -0.2) is 4.79 Å². The molecule has 0 saturated carbocycles. The van der Waals surface area contributed by atoms with Crippen LogP contribution in [0.1, 0.15) is 11.3 Å². The molecule has 14 heavy (non-hydrogen) atoms. The minimum absolute atomic E-state index is 0.00500. The lowest BCUT2D eigenvalue weighted by Crippen LogP contribution is -2.36. The number of hydrogen-bond donors (Lipinski definition) is 3. The van der Waals surface area contributed by atoms with Crippen LogP contribution in [0, 0.1) is 6.92 Å². The standard InChI is InChI=1S/C7H10N4O3/c1-3-4(5(8)10-14)6(12)9-7(13)11(3)2/h14H,1-2H3,(H2,8,10)(H,9,12,13). The lowest BCUT2D eigenvalue weighted by molar-refractivity contribution is 0.318. The van der Waals surface area contributed by atoms with E-state index >= 15 is 0 Å². The summed E-state index contributed by atoms with van der Waals surface area (Å²) in [6, 6.07) is 0. The highest BCUT2D eigenvalue weighted by atomic mass is 16.4. The van der Waals surface area contributed by atoms with Crippen molar-refractivity contribution in [2.24, 2.45) is 17.9 Å². The van der Waals surface area contributed by atoms with E-state index in [4.69, 9.17) is 10.9 Å². The van der Waals surface area contributed by atoms with E-state index in [1.165, 1.54) is 18.5 Å². The van der Waals surface area contributed by atoms with Crippen molar-refractivity contribution in [2.45, 2.75) is 6.92 Å². The fourth-order valence-electron chi connectivity index (χ4n) is 1.08. The first-order valence-electron chi connectivity index (χ1n) is 3.76. The third kappa shape index (κ3) is 1.39. The predicted molar refractivity (Wildman–Crippen MR) is 49.6 cm³/mol. The third-order valence-corrected chi connectivity index (χ3v) is 1.98. The molecule has 0 atom stereocenters. The molecule has 0 aliphatic heterocycles. The lowest BCUT2D eigenvalue weighted by Gasteiger charge is -2.06. The molecule has 0 spiro atoms. The Bertz CT molecular complexity index is 497. The second-order valence-corrected chi connectivity index (χ2v) is 2.76. The van der Waals surface area contributed by atoms with Crippen LogP contribution in [0.4, 0.5) is 0 Å². The number of aromatic amines is 1. The lowest BCUT2D eigenvalue weighted by atomic mass is 10.2. The number of nitrogens with zero attached hydrogens (tertiary/aromatic N) is 2. The molecule has 4 N–H and O–H groups in total. The smallest absolute Gasteiger partial charge is 0.328 e. The molecule has 1 aromatic heterocycles. The van der Waals surface area contributed by atoms with Crippen molar-refractivity contribution in [2.75, 3.05) is 0 Å². The molecule has 0 radical (unpaired) electrons. The van der Waals surface area contributed by atoms with Crippen molar-refractivity contribution in [1.29, 1.82) is 0 Å². The van der Waals surface area contributed by atoms with Gasteiger partial charge in [0.1, 0.15) is 5.56 Å². The van der Waals surface area contributed by atoms with Crippen molar-refractivity contribution in [3.63, 3.8) is 0 Å². The summed E-state index contributed by atoms with van der Waals surface area (Å²) in [5, 5.41) is 11.1. The maximum Gasteiger partial charge on any atom is 0.328 e. The van der Waals surface area contributed by atoms with Gasteiger partial charge >= 0.3 is 5.69 Å². The van der Waals surface area contributed by atoms with E-state index in [0.717, 1.165) is 0 Å². The van der Waals surface area contributed by atoms with Gasteiger partial charge in [-0.2, -0.15) is 0 Å². The first-order chi connectivity index (χ1) is 6.49. The van der Waals surface area contributed by atoms with E-state index in [9.17, 15) is 9.59 Å². The van der Waals surface area contributed by atoms with Crippen LogP contribution in [0.5, 0.6) is 0 Å². The van der Waals surface area contributed by atoms with E-state index in [0.29, 0.717) is 5.69 Å². The first kappa shape index (κ1) is 10.0. The van der Waals surface area contributed by atoms with Crippen LogP contribution in [0.2, 0.25) is 0 Å². The molecular formula is C7H10N4O3. The predicted octanol–water partition coefficient (Wildman–Crippen LogP) is -1.52. The summed E-state index contributed by atoms with van der Waals surface area (Å²) in [7, 11) is 1.47. The monoisotopic (exact) mass is 198 g/mol. The summed E-state index contributed by atoms with van der Waals surface area (Å²) in [6.07, 6.45) is 0. The zero-order valence-electron chi connectivity index (χ0n) is 7.74. The zero-order valence-corrected chi connectivity index (χ0v) is 7.74. The molecule has 0 amide bonds. The van der Waals surface area contributed by atoms with Gasteiger partial charge in [-0.3, -0.25) is 9.78 Å². The Kier molecular flexibility index (Phi) is 2.41. The average molecular weight is 198 g/mol. The molecular weight excluding hydrogens is 188 g/mol. The summed E-state index contributed by atoms with van der Waals surface area (Å²) < 4.78 is 1.20. The maximum atomic E-state index is 11.3. The molecule has 7 nitrogen and oxygen atoms in total. The van der Waals surface area contributed by atoms with Crippen molar-refractivity contribution in [3.05, 3.63) is 32.1 Å². The van der Waals surface area contributed by atoms with Crippen molar-refractivity contribution >= 4 is 5.84 Å². The Morgan fingerprint density at radius 1 is 1.57 bits per heavy atom. The van der Waals surface area contributed by atoms with Gasteiger partial charge in [-0.15, -0.1) is 0 Å². The second-order valence-electron chi connectivity index (χ2n) is 2.76. The molecule has 1 heterocycles. The molecule has 1 rings (SSSR count). The van der Waals surface area contributed by atoms with Crippen LogP contribution >= 0.6 is 0 Å². The number of nitrogens with one attached hydrogen (secondary N) is 1. The highest BCUT2D eigenvalue weighted by molar-refractivity contribution is 5.97. The van der Waals surface area contributed by atoms with Crippen LogP contribution in [0.15, 0.2) is 14.7 Å². The summed E-state index contributed by atoms with van der Waals surface area (Å²) >= 11 is 0. The number of oxime groups is 1. The largest absolute Gasteiger partial charge is 0.409 e. The minimum Gasteiger partial charge on any atom is -0.409 e. The molecule has 0 unspecified atom stereocenters. The minimum atomic E-state index is -0.666. The molecule has 1 aromatic rings. The molecule has 0 aliphatic carbocycles. The first-order valence-corrected chi connectivity index (χ1v) is 3.76. The van der Waals surface area contributed by atoms with Gasteiger partial charge < -0.3 is 15.5 Å². The van der Waals surface area contributed by atoms with Gasteiger partial charge in [0.15, 0.2) is 5.84 Å². The van der Waals surface area contributed by atoms with E-state index < -0.39 is 11.2 Å². The average Bonchev–Trinajstić information content (AvgIpc) is 2.14. The van der Waals surface area contributed by atoms with Crippen LogP contribution in [0.3, 0.4) is 0 Å². The fraction of sp³-hybridized carbons (Fsp3) is 0.286. The second kappa shape index (κ2) is 3.36. The summed E-state index contributed by atoms with van der Waals surface area (Å²) in [6.45, 7) is 1.53. The number of aromatic nitrogens is 2. The molecule has 0 bridgehead atoms. The highest BCUT2D eigenvalue weighted by Crippen LogP contribution is 1.96. The SMILES string of the molecule is Cc1c(/C(N)=N/O)c(=O)[nH]c(=O)n1C. The number of rotatable bonds is 1. The molecule has 0 aliphatic rings. The Hall–Kier alpha value is -2.05. The molecule has 76 valence electrons. The highest BCUT2D eigenvalue weighted by Gasteiger charge is 2.12. The van der Waals surface area contributed by atoms with E-state index in [1.807, 2.05) is 4.98 Å². The van der Waals surface area contributed by atoms with Crippen molar-refractivity contribution in [3.8, 4) is 0 Å². The molecule has 7 heteroatoms. The summed E-state index contributed by atoms with van der Waals surface area (Å²) in [4.78, 5) is 24.4. The Labute approximate surface area is 78.5 Å². The molecule has 0 aromatic carbocycles. The van der Waals surface area contributed by atoms with Gasteiger partial charge in [0, 0.05) is 12.7 Å². The fourth-order valence-corrected chi connectivity index (χ4v) is 1.08. The van der Waals surface area contributed by atoms with E-state index in [1.54, 1.807) is 0 Å². The van der Waals surface area contributed by atoms with Gasteiger partial charge in [-0.1, -0.05) is 5.16 Å². The summed E-state index contributed by atoms with van der Waals surface area (Å²) in [5.41, 5.74) is 4.41. The number of amidine groups is 1. The quantitative estimate of drug-likeness (QED) is 0.220. The van der Waals surface area contributed by atoms with Crippen LogP contribution in [0.25, 0.3) is 0 Å². The van der Waals surface area contributed by atoms with Crippen molar-refractivity contribution in [1.82, 2.24) is 9.55 Å². The summed E-state index contributed by atoms with van der Waals surface area (Å²) in [5.74, 6) is -0.320.